The maximum Gasteiger partial charge on any atom is 0.493 e. The van der Waals surface area contributed by atoms with E-state index in [1.165, 1.54) is 31.2 Å². The van der Waals surface area contributed by atoms with Crippen LogP contribution in [0.5, 0.6) is 0 Å². The lowest BCUT2D eigenvalue weighted by Gasteiger charge is -2.55. The van der Waals surface area contributed by atoms with Gasteiger partial charge in [0, 0.05) is 36.2 Å². The highest BCUT2D eigenvalue weighted by Crippen LogP contribution is 2.62. The van der Waals surface area contributed by atoms with Crippen LogP contribution >= 0.6 is 0 Å². The summed E-state index contributed by atoms with van der Waals surface area (Å²) < 4.78 is 6.08. The fourth-order valence-electron chi connectivity index (χ4n) is 5.59. The van der Waals surface area contributed by atoms with E-state index < -0.39 is 7.12 Å². The topological polar surface area (TPSA) is 87.2 Å². The molecule has 2 aromatic rings. The maximum atomic E-state index is 10.7. The number of carbonyl (C=O) groups excluding carboxylic acids is 1. The molecule has 170 valence electrons. The molecule has 0 radical (unpaired) electrons. The smallest absolute Gasteiger partial charge is 0.423 e. The van der Waals surface area contributed by atoms with Crippen molar-refractivity contribution in [2.24, 2.45) is 5.41 Å². The molecule has 1 saturated carbocycles. The largest absolute Gasteiger partial charge is 0.493 e. The van der Waals surface area contributed by atoms with E-state index in [0.717, 1.165) is 48.7 Å². The number of rotatable bonds is 8. The van der Waals surface area contributed by atoms with E-state index in [2.05, 4.69) is 35.2 Å². The first-order valence-corrected chi connectivity index (χ1v) is 12.0. The Labute approximate surface area is 186 Å². The van der Waals surface area contributed by atoms with Gasteiger partial charge in [0.25, 0.3) is 0 Å². The number of H-pyrrole nitrogens is 1. The molecular weight excluding hydrogens is 389 g/mol. The highest BCUT2D eigenvalue weighted by molar-refractivity contribution is 6.62. The van der Waals surface area contributed by atoms with Crippen molar-refractivity contribution in [2.75, 3.05) is 6.54 Å². The van der Waals surface area contributed by atoms with E-state index >= 15 is 0 Å². The van der Waals surface area contributed by atoms with Crippen LogP contribution in [0.2, 0.25) is 0 Å². The zero-order chi connectivity index (χ0) is 22.5. The molecule has 31 heavy (non-hydrogen) atoms. The van der Waals surface area contributed by atoms with Crippen LogP contribution in [-0.2, 0) is 15.0 Å². The normalized spacial score (nSPS) is 17.8. The Hall–Kier alpha value is -1.86. The number of pyridine rings is 1. The summed E-state index contributed by atoms with van der Waals surface area (Å²) in [6.45, 7) is 9.39. The second-order valence-corrected chi connectivity index (χ2v) is 9.25. The molecule has 7 heteroatoms. The van der Waals surface area contributed by atoms with E-state index in [9.17, 15) is 9.82 Å². The van der Waals surface area contributed by atoms with Gasteiger partial charge in [0.15, 0.2) is 0 Å². The molecule has 0 unspecified atom stereocenters. The van der Waals surface area contributed by atoms with Crippen molar-refractivity contribution in [1.29, 1.82) is 0 Å². The summed E-state index contributed by atoms with van der Waals surface area (Å²) >= 11 is 0. The van der Waals surface area contributed by atoms with Crippen LogP contribution in [0.4, 0.5) is 0 Å². The van der Waals surface area contributed by atoms with Crippen molar-refractivity contribution in [3.05, 3.63) is 24.0 Å². The van der Waals surface area contributed by atoms with Crippen LogP contribution in [0.25, 0.3) is 11.0 Å². The van der Waals surface area contributed by atoms with Gasteiger partial charge in [0.05, 0.1) is 5.60 Å². The number of fused-ring (bicyclic) bond motifs is 4. The molecule has 2 aliphatic rings. The molecule has 3 N–H and O–H groups in total. The number of carbonyl (C=O) groups is 1. The zero-order valence-corrected chi connectivity index (χ0v) is 19.6. The van der Waals surface area contributed by atoms with E-state index in [-0.39, 0.29) is 11.5 Å². The van der Waals surface area contributed by atoms with Crippen molar-refractivity contribution < 1.29 is 14.5 Å². The van der Waals surface area contributed by atoms with E-state index in [0.29, 0.717) is 11.8 Å². The minimum Gasteiger partial charge on any atom is -0.423 e. The zero-order valence-electron chi connectivity index (χ0n) is 19.6. The lowest BCUT2D eigenvalue weighted by Crippen LogP contribution is -2.50. The van der Waals surface area contributed by atoms with Crippen molar-refractivity contribution >= 4 is 29.5 Å². The number of nitrogens with zero attached hydrogens (tertiary/aromatic N) is 1. The summed E-state index contributed by atoms with van der Waals surface area (Å²) in [5, 5.41) is 14.2. The SMILES string of the molecule is CCCC1(CCC)CC2(C1)OB(O)c1cnc3[nH]ccc3c12.CCCNC(=O)CCC. The van der Waals surface area contributed by atoms with Gasteiger partial charge in [-0.25, -0.2) is 4.98 Å². The molecule has 1 aliphatic heterocycles. The van der Waals surface area contributed by atoms with Gasteiger partial charge in [-0.3, -0.25) is 4.79 Å². The first-order chi connectivity index (χ1) is 14.9. The molecule has 1 amide bonds. The molecule has 0 atom stereocenters. The number of hydrogen-bond acceptors (Lipinski definition) is 4. The Morgan fingerprint density at radius 2 is 1.90 bits per heavy atom. The Kier molecular flexibility index (Phi) is 7.81. The molecule has 3 heterocycles. The van der Waals surface area contributed by atoms with Gasteiger partial charge in [-0.2, -0.15) is 0 Å². The van der Waals surface area contributed by atoms with E-state index in [4.69, 9.17) is 4.65 Å². The second-order valence-electron chi connectivity index (χ2n) is 9.25. The Bertz CT molecular complexity index is 868. The average Bonchev–Trinajstić information content (AvgIpc) is 3.30. The number of nitrogens with one attached hydrogen (secondary N) is 2. The van der Waals surface area contributed by atoms with E-state index in [1.54, 1.807) is 6.20 Å². The minimum atomic E-state index is -0.831. The lowest BCUT2D eigenvalue weighted by atomic mass is 9.53. The van der Waals surface area contributed by atoms with Gasteiger partial charge in [-0.05, 0) is 55.6 Å². The Morgan fingerprint density at radius 3 is 2.52 bits per heavy atom. The van der Waals surface area contributed by atoms with Crippen molar-refractivity contribution in [3.63, 3.8) is 0 Å². The molecular formula is C24H38BN3O3. The fourth-order valence-corrected chi connectivity index (χ4v) is 5.59. The predicted octanol–water partition coefficient (Wildman–Crippen LogP) is 4.17. The summed E-state index contributed by atoms with van der Waals surface area (Å²) in [4.78, 5) is 18.3. The van der Waals surface area contributed by atoms with Crippen LogP contribution < -0.4 is 10.8 Å². The quantitative estimate of drug-likeness (QED) is 0.552. The standard InChI is InChI=1S/C17H23BN2O2.C7H15NO/c1-3-6-16(7-4-2)10-17(11-16)14-12-5-8-19-15(12)20-9-13(14)18(21)22-17;1-3-5-7(9)8-6-4-2/h5,8-9,21H,3-4,6-7,10-11H2,1-2H3,(H,19,20);3-6H2,1-2H3,(H,8,9). The van der Waals surface area contributed by atoms with Gasteiger partial charge in [0.2, 0.25) is 5.91 Å². The molecule has 1 aliphatic carbocycles. The maximum absolute atomic E-state index is 10.7. The Morgan fingerprint density at radius 1 is 1.19 bits per heavy atom. The summed E-state index contributed by atoms with van der Waals surface area (Å²) in [5.74, 6) is 0.180. The minimum absolute atomic E-state index is 0.180. The van der Waals surface area contributed by atoms with Gasteiger partial charge in [-0.1, -0.05) is 40.5 Å². The number of aromatic amines is 1. The van der Waals surface area contributed by atoms with Gasteiger partial charge in [0.1, 0.15) is 5.65 Å². The second kappa shape index (κ2) is 10.2. The average molecular weight is 427 g/mol. The van der Waals surface area contributed by atoms with Crippen LogP contribution in [-0.4, -0.2) is 34.6 Å². The fraction of sp³-hybridized carbons (Fsp3) is 0.667. The molecule has 0 aromatic carbocycles. The summed E-state index contributed by atoms with van der Waals surface area (Å²) in [6, 6.07) is 2.06. The molecule has 1 fully saturated rings. The van der Waals surface area contributed by atoms with Crippen LogP contribution in [0.3, 0.4) is 0 Å². The first kappa shape index (κ1) is 23.8. The number of aromatic nitrogens is 2. The van der Waals surface area contributed by atoms with Crippen molar-refractivity contribution in [1.82, 2.24) is 15.3 Å². The first-order valence-electron chi connectivity index (χ1n) is 12.0. The molecule has 2 aromatic heterocycles. The van der Waals surface area contributed by atoms with Crippen molar-refractivity contribution in [2.45, 2.75) is 91.1 Å². The van der Waals surface area contributed by atoms with Crippen molar-refractivity contribution in [3.8, 4) is 0 Å². The highest BCUT2D eigenvalue weighted by atomic mass is 16.5. The third kappa shape index (κ3) is 4.83. The predicted molar refractivity (Wildman–Crippen MR) is 126 cm³/mol. The molecule has 6 nitrogen and oxygen atoms in total. The molecule has 0 bridgehead atoms. The lowest BCUT2D eigenvalue weighted by molar-refractivity contribution is -0.124. The van der Waals surface area contributed by atoms with Gasteiger partial charge >= 0.3 is 7.12 Å². The van der Waals surface area contributed by atoms with Crippen LogP contribution in [0.1, 0.15) is 91.0 Å². The number of amides is 1. The number of hydrogen-bond donors (Lipinski definition) is 3. The molecule has 4 rings (SSSR count). The monoisotopic (exact) mass is 427 g/mol. The van der Waals surface area contributed by atoms with Crippen LogP contribution in [0.15, 0.2) is 18.5 Å². The third-order valence-electron chi connectivity index (χ3n) is 6.61. The molecule has 0 saturated heterocycles. The van der Waals surface area contributed by atoms with Crippen LogP contribution in [0, 0.1) is 5.41 Å². The summed E-state index contributed by atoms with van der Waals surface area (Å²) in [5.41, 5.74) is 3.00. The third-order valence-corrected chi connectivity index (χ3v) is 6.61. The van der Waals surface area contributed by atoms with Gasteiger partial charge < -0.3 is 20.0 Å². The van der Waals surface area contributed by atoms with E-state index in [1.807, 2.05) is 20.0 Å². The highest BCUT2D eigenvalue weighted by Gasteiger charge is 2.61. The summed E-state index contributed by atoms with van der Waals surface area (Å²) in [6.07, 6.45) is 13.3. The van der Waals surface area contributed by atoms with Gasteiger partial charge in [-0.15, -0.1) is 0 Å². The molecule has 1 spiro atoms. The summed E-state index contributed by atoms with van der Waals surface area (Å²) in [7, 11) is -0.831. The Balaban J connectivity index is 0.000000259.